The van der Waals surface area contributed by atoms with E-state index in [1.54, 1.807) is 0 Å². The van der Waals surface area contributed by atoms with Gasteiger partial charge in [0.25, 0.3) is 0 Å². The second kappa shape index (κ2) is 5.16. The molecule has 0 aliphatic carbocycles. The quantitative estimate of drug-likeness (QED) is 0.749. The molecule has 1 aromatic rings. The first-order valence-electron chi connectivity index (χ1n) is 5.92. The molecule has 0 aromatic heterocycles. The average molecular weight is 215 g/mol. The number of hydrogen-bond donors (Lipinski definition) is 0. The zero-order chi connectivity index (χ0) is 12.3. The van der Waals surface area contributed by atoms with Gasteiger partial charge in [-0.3, -0.25) is 0 Å². The van der Waals surface area contributed by atoms with Gasteiger partial charge in [-0.1, -0.05) is 26.0 Å². The number of hydrogen-bond acceptors (Lipinski definition) is 1. The molecule has 0 heterocycles. The van der Waals surface area contributed by atoms with E-state index in [9.17, 15) is 0 Å². The van der Waals surface area contributed by atoms with Gasteiger partial charge in [0.05, 0.1) is 12.0 Å². The Bertz CT molecular complexity index is 410. The molecule has 0 amide bonds. The van der Waals surface area contributed by atoms with Crippen molar-refractivity contribution in [3.8, 4) is 6.07 Å². The molecule has 86 valence electrons. The highest BCUT2D eigenvalue weighted by Gasteiger charge is 2.15. The van der Waals surface area contributed by atoms with Crippen LogP contribution in [0.15, 0.2) is 12.1 Å². The van der Waals surface area contributed by atoms with Crippen LogP contribution < -0.4 is 0 Å². The monoisotopic (exact) mass is 215 g/mol. The van der Waals surface area contributed by atoms with Crippen molar-refractivity contribution in [2.75, 3.05) is 0 Å². The Hall–Kier alpha value is -1.29. The van der Waals surface area contributed by atoms with Crippen LogP contribution >= 0.6 is 0 Å². The predicted octanol–water partition coefficient (Wildman–Crippen LogP) is 3.95. The van der Waals surface area contributed by atoms with Crippen molar-refractivity contribution in [1.82, 2.24) is 0 Å². The van der Waals surface area contributed by atoms with E-state index in [4.69, 9.17) is 5.26 Å². The van der Waals surface area contributed by atoms with Crippen molar-refractivity contribution in [3.63, 3.8) is 0 Å². The molecule has 0 aliphatic heterocycles. The summed E-state index contributed by atoms with van der Waals surface area (Å²) in [6.07, 6.45) is 0.876. The summed E-state index contributed by atoms with van der Waals surface area (Å²) >= 11 is 0. The highest BCUT2D eigenvalue weighted by atomic mass is 14.3. The van der Waals surface area contributed by atoms with E-state index >= 15 is 0 Å². The summed E-state index contributed by atoms with van der Waals surface area (Å²) in [5.41, 5.74) is 5.36. The van der Waals surface area contributed by atoms with Gasteiger partial charge in [0.15, 0.2) is 0 Å². The summed E-state index contributed by atoms with van der Waals surface area (Å²) in [4.78, 5) is 0. The maximum absolute atomic E-state index is 9.12. The molecule has 1 heteroatoms. The van der Waals surface area contributed by atoms with Gasteiger partial charge in [-0.2, -0.15) is 5.26 Å². The minimum Gasteiger partial charge on any atom is -0.198 e. The molecule has 1 unspecified atom stereocenters. The van der Waals surface area contributed by atoms with Crippen molar-refractivity contribution in [2.24, 2.45) is 11.8 Å². The normalized spacial score (nSPS) is 12.6. The molecule has 16 heavy (non-hydrogen) atoms. The van der Waals surface area contributed by atoms with Gasteiger partial charge in [0.1, 0.15) is 0 Å². The molecule has 1 aromatic carbocycles. The van der Waals surface area contributed by atoms with Crippen LogP contribution in [0.3, 0.4) is 0 Å². The van der Waals surface area contributed by atoms with E-state index in [1.807, 2.05) is 0 Å². The van der Waals surface area contributed by atoms with Crippen LogP contribution in [0.2, 0.25) is 0 Å². The summed E-state index contributed by atoms with van der Waals surface area (Å²) < 4.78 is 0. The fourth-order valence-electron chi connectivity index (χ4n) is 1.90. The first-order valence-corrected chi connectivity index (χ1v) is 5.92. The molecule has 0 saturated heterocycles. The molecule has 0 saturated carbocycles. The largest absolute Gasteiger partial charge is 0.198 e. The number of aryl methyl sites for hydroxylation is 1. The second-order valence-electron chi connectivity index (χ2n) is 4.98. The summed E-state index contributed by atoms with van der Waals surface area (Å²) in [7, 11) is 0. The molecule has 0 fully saturated rings. The van der Waals surface area contributed by atoms with Crippen LogP contribution in [0.1, 0.15) is 36.1 Å². The van der Waals surface area contributed by atoms with Crippen LogP contribution in [-0.4, -0.2) is 0 Å². The first-order chi connectivity index (χ1) is 7.47. The zero-order valence-electron chi connectivity index (χ0n) is 11.0. The minimum atomic E-state index is 0.126. The Labute approximate surface area is 99.1 Å². The van der Waals surface area contributed by atoms with E-state index in [1.165, 1.54) is 22.3 Å². The number of benzene rings is 1. The third kappa shape index (κ3) is 2.64. The third-order valence-electron chi connectivity index (χ3n) is 3.58. The number of nitrogens with zero attached hydrogens (tertiary/aromatic N) is 1. The van der Waals surface area contributed by atoms with Crippen LogP contribution in [0.4, 0.5) is 0 Å². The fourth-order valence-corrected chi connectivity index (χ4v) is 1.90. The van der Waals surface area contributed by atoms with Gasteiger partial charge in [-0.05, 0) is 55.4 Å². The van der Waals surface area contributed by atoms with Gasteiger partial charge in [-0.15, -0.1) is 0 Å². The Morgan fingerprint density at radius 1 is 1.12 bits per heavy atom. The van der Waals surface area contributed by atoms with E-state index in [0.717, 1.165) is 6.42 Å². The summed E-state index contributed by atoms with van der Waals surface area (Å²) in [5, 5.41) is 9.12. The minimum absolute atomic E-state index is 0.126. The lowest BCUT2D eigenvalue weighted by Gasteiger charge is -2.16. The molecule has 0 bridgehead atoms. The Kier molecular flexibility index (Phi) is 4.12. The highest BCUT2D eigenvalue weighted by Crippen LogP contribution is 2.22. The topological polar surface area (TPSA) is 23.8 Å². The van der Waals surface area contributed by atoms with Gasteiger partial charge in [0, 0.05) is 0 Å². The maximum atomic E-state index is 9.12. The zero-order valence-corrected chi connectivity index (χ0v) is 11.0. The van der Waals surface area contributed by atoms with Crippen molar-refractivity contribution in [1.29, 1.82) is 5.26 Å². The average Bonchev–Trinajstić information content (AvgIpc) is 2.25. The molecule has 0 radical (unpaired) electrons. The molecule has 0 N–H and O–H groups in total. The van der Waals surface area contributed by atoms with Crippen LogP contribution in [0, 0.1) is 43.9 Å². The number of rotatable bonds is 3. The van der Waals surface area contributed by atoms with Crippen LogP contribution in [-0.2, 0) is 6.42 Å². The second-order valence-corrected chi connectivity index (χ2v) is 4.98. The summed E-state index contributed by atoms with van der Waals surface area (Å²) in [5.74, 6) is 0.548. The summed E-state index contributed by atoms with van der Waals surface area (Å²) in [6, 6.07) is 6.74. The molecule has 0 spiro atoms. The van der Waals surface area contributed by atoms with E-state index in [-0.39, 0.29) is 5.92 Å². The molecule has 1 nitrogen and oxygen atoms in total. The van der Waals surface area contributed by atoms with Crippen molar-refractivity contribution in [2.45, 2.75) is 41.0 Å². The van der Waals surface area contributed by atoms with Crippen molar-refractivity contribution >= 4 is 0 Å². The lowest BCUT2D eigenvalue weighted by Crippen LogP contribution is -2.11. The van der Waals surface area contributed by atoms with Gasteiger partial charge in [0.2, 0.25) is 0 Å². The molecule has 0 aliphatic rings. The van der Waals surface area contributed by atoms with E-state index in [2.05, 4.69) is 52.8 Å². The standard InChI is InChI=1S/C15H21N/c1-10(2)15(9-16)8-14-7-6-11(3)12(4)13(14)5/h6-7,10,15H,8H2,1-5H3. The SMILES string of the molecule is Cc1ccc(CC(C#N)C(C)C)c(C)c1C. The van der Waals surface area contributed by atoms with Crippen LogP contribution in [0.5, 0.6) is 0 Å². The Morgan fingerprint density at radius 3 is 2.25 bits per heavy atom. The molecule has 1 rings (SSSR count). The molecule has 1 atom stereocenters. The fraction of sp³-hybridized carbons (Fsp3) is 0.533. The van der Waals surface area contributed by atoms with E-state index in [0.29, 0.717) is 5.92 Å². The predicted molar refractivity (Wildman–Crippen MR) is 68.3 cm³/mol. The van der Waals surface area contributed by atoms with E-state index < -0.39 is 0 Å². The van der Waals surface area contributed by atoms with Gasteiger partial charge < -0.3 is 0 Å². The van der Waals surface area contributed by atoms with Crippen molar-refractivity contribution in [3.05, 3.63) is 34.4 Å². The van der Waals surface area contributed by atoms with Gasteiger partial charge >= 0.3 is 0 Å². The Morgan fingerprint density at radius 2 is 1.75 bits per heavy atom. The smallest absolute Gasteiger partial charge is 0.0661 e. The third-order valence-corrected chi connectivity index (χ3v) is 3.58. The molecular weight excluding hydrogens is 194 g/mol. The van der Waals surface area contributed by atoms with Crippen molar-refractivity contribution < 1.29 is 0 Å². The maximum Gasteiger partial charge on any atom is 0.0661 e. The number of nitriles is 1. The van der Waals surface area contributed by atoms with Crippen LogP contribution in [0.25, 0.3) is 0 Å². The van der Waals surface area contributed by atoms with Gasteiger partial charge in [-0.25, -0.2) is 0 Å². The summed E-state index contributed by atoms with van der Waals surface area (Å²) in [6.45, 7) is 10.7. The lowest BCUT2D eigenvalue weighted by molar-refractivity contribution is 0.473. The first kappa shape index (κ1) is 12.8. The Balaban J connectivity index is 2.99. The molecular formula is C15H21N. The lowest BCUT2D eigenvalue weighted by atomic mass is 9.87. The highest BCUT2D eigenvalue weighted by molar-refractivity contribution is 5.39.